The van der Waals surface area contributed by atoms with E-state index in [0.717, 1.165) is 23.5 Å². The van der Waals surface area contributed by atoms with Crippen molar-refractivity contribution >= 4 is 29.3 Å². The van der Waals surface area contributed by atoms with Gasteiger partial charge in [0.2, 0.25) is 4.27 Å². The third-order valence-corrected chi connectivity index (χ3v) is 5.37. The van der Waals surface area contributed by atoms with Gasteiger partial charge in [0, 0.05) is 6.42 Å². The number of hydrogen-bond donors (Lipinski definition) is 1. The number of hydrogen-bond acceptors (Lipinski definition) is 4. The summed E-state index contributed by atoms with van der Waals surface area (Å²) in [6.45, 7) is 0. The van der Waals surface area contributed by atoms with Crippen LogP contribution in [0.15, 0.2) is 30.3 Å². The summed E-state index contributed by atoms with van der Waals surface area (Å²) in [7, 11) is 0. The Morgan fingerprint density at radius 2 is 1.88 bits per heavy atom. The van der Waals surface area contributed by atoms with Gasteiger partial charge in [-0.2, -0.15) is 0 Å². The zero-order chi connectivity index (χ0) is 11.4. The van der Waals surface area contributed by atoms with Gasteiger partial charge in [-0.05, 0) is 23.5 Å². The summed E-state index contributed by atoms with van der Waals surface area (Å²) < 4.78 is -1.21. The molecule has 0 saturated carbocycles. The summed E-state index contributed by atoms with van der Waals surface area (Å²) in [5, 5.41) is 10.2. The van der Waals surface area contributed by atoms with Gasteiger partial charge >= 0.3 is 0 Å². The highest BCUT2D eigenvalue weighted by atomic mass is 32.2. The zero-order valence-electron chi connectivity index (χ0n) is 8.89. The Hall–Kier alpha value is -0.450. The summed E-state index contributed by atoms with van der Waals surface area (Å²) in [6, 6.07) is 9.58. The average molecular weight is 254 g/mol. The van der Waals surface area contributed by atoms with E-state index in [-0.39, 0.29) is 5.78 Å². The molecule has 0 bridgehead atoms. The highest BCUT2D eigenvalue weighted by molar-refractivity contribution is 8.19. The second-order valence-corrected chi connectivity index (χ2v) is 6.55. The van der Waals surface area contributed by atoms with Crippen LogP contribution in [0, 0.1) is 0 Å². The second kappa shape index (κ2) is 5.25. The Balaban J connectivity index is 2.02. The third kappa shape index (κ3) is 2.81. The Morgan fingerprint density at radius 1 is 1.25 bits per heavy atom. The molecule has 2 nitrogen and oxygen atoms in total. The summed E-state index contributed by atoms with van der Waals surface area (Å²) in [5.74, 6) is 1.64. The van der Waals surface area contributed by atoms with Gasteiger partial charge in [-0.1, -0.05) is 30.3 Å². The number of benzene rings is 1. The number of ketones is 1. The lowest BCUT2D eigenvalue weighted by Gasteiger charge is -2.29. The minimum absolute atomic E-state index is 0.0894. The molecule has 0 unspecified atom stereocenters. The number of rotatable bonds is 3. The van der Waals surface area contributed by atoms with Crippen LogP contribution in [-0.2, 0) is 11.2 Å². The monoisotopic (exact) mass is 254 g/mol. The molecule has 0 radical (unpaired) electrons. The van der Waals surface area contributed by atoms with E-state index in [4.69, 9.17) is 0 Å². The zero-order valence-corrected chi connectivity index (χ0v) is 10.5. The van der Waals surface area contributed by atoms with Crippen molar-refractivity contribution in [2.75, 3.05) is 11.5 Å². The first-order valence-corrected chi connectivity index (χ1v) is 7.25. The quantitative estimate of drug-likeness (QED) is 0.898. The molecule has 1 heterocycles. The maximum atomic E-state index is 12.0. The maximum Gasteiger partial charge on any atom is 0.217 e. The van der Waals surface area contributed by atoms with Crippen molar-refractivity contribution in [1.29, 1.82) is 0 Å². The fourth-order valence-corrected chi connectivity index (χ4v) is 4.19. The van der Waals surface area contributed by atoms with E-state index < -0.39 is 4.27 Å². The molecule has 0 aromatic heterocycles. The molecule has 4 heteroatoms. The molecule has 0 spiro atoms. The van der Waals surface area contributed by atoms with E-state index >= 15 is 0 Å². The SMILES string of the molecule is O=C(Cc1ccccc1)C1(O)SCCCS1. The average Bonchev–Trinajstić information content (AvgIpc) is 2.31. The molecule has 16 heavy (non-hydrogen) atoms. The molecule has 0 amide bonds. The molecule has 86 valence electrons. The van der Waals surface area contributed by atoms with Crippen LogP contribution in [-0.4, -0.2) is 26.7 Å². The molecule has 1 aromatic rings. The van der Waals surface area contributed by atoms with Crippen molar-refractivity contribution in [2.24, 2.45) is 0 Å². The van der Waals surface area contributed by atoms with Crippen LogP contribution in [0.2, 0.25) is 0 Å². The highest BCUT2D eigenvalue weighted by Crippen LogP contribution is 2.41. The van der Waals surface area contributed by atoms with Gasteiger partial charge in [-0.3, -0.25) is 4.79 Å². The molecule has 1 aliphatic rings. The normalized spacial score (nSPS) is 19.3. The van der Waals surface area contributed by atoms with Crippen molar-refractivity contribution in [1.82, 2.24) is 0 Å². The Bertz CT molecular complexity index is 359. The molecule has 1 aliphatic heterocycles. The van der Waals surface area contributed by atoms with Crippen LogP contribution in [0.25, 0.3) is 0 Å². The lowest BCUT2D eigenvalue weighted by molar-refractivity contribution is -0.124. The summed E-state index contributed by atoms with van der Waals surface area (Å²) in [5.41, 5.74) is 0.965. The molecule has 1 N–H and O–H groups in total. The third-order valence-electron chi connectivity index (χ3n) is 2.44. The van der Waals surface area contributed by atoms with E-state index in [2.05, 4.69) is 0 Å². The van der Waals surface area contributed by atoms with Crippen LogP contribution < -0.4 is 0 Å². The molecule has 2 rings (SSSR count). The minimum atomic E-state index is -1.21. The number of carbonyl (C=O) groups excluding carboxylic acids is 1. The fourth-order valence-electron chi connectivity index (χ4n) is 1.58. The van der Waals surface area contributed by atoms with Gasteiger partial charge in [-0.15, -0.1) is 23.5 Å². The van der Waals surface area contributed by atoms with Gasteiger partial charge in [-0.25, -0.2) is 0 Å². The minimum Gasteiger partial charge on any atom is -0.364 e. The van der Waals surface area contributed by atoms with Gasteiger partial charge in [0.15, 0.2) is 5.78 Å². The predicted molar refractivity (Wildman–Crippen MR) is 69.6 cm³/mol. The molecular weight excluding hydrogens is 240 g/mol. The first-order chi connectivity index (χ1) is 7.71. The lowest BCUT2D eigenvalue weighted by Crippen LogP contribution is -2.35. The summed E-state index contributed by atoms with van der Waals surface area (Å²) in [4.78, 5) is 12.0. The standard InChI is InChI=1S/C12H14O2S2/c13-11(9-10-5-2-1-3-6-10)12(14)15-7-4-8-16-12/h1-3,5-6,14H,4,7-9H2. The van der Waals surface area contributed by atoms with Crippen molar-refractivity contribution in [2.45, 2.75) is 17.1 Å². The smallest absolute Gasteiger partial charge is 0.217 e. The van der Waals surface area contributed by atoms with Gasteiger partial charge < -0.3 is 5.11 Å². The van der Waals surface area contributed by atoms with Crippen molar-refractivity contribution < 1.29 is 9.90 Å². The van der Waals surface area contributed by atoms with Gasteiger partial charge in [0.25, 0.3) is 0 Å². The first kappa shape index (κ1) is 12.0. The summed E-state index contributed by atoms with van der Waals surface area (Å²) in [6.07, 6.45) is 1.38. The van der Waals surface area contributed by atoms with Gasteiger partial charge in [0.1, 0.15) is 0 Å². The molecule has 1 aromatic carbocycles. The van der Waals surface area contributed by atoms with Gasteiger partial charge in [0.05, 0.1) is 0 Å². The van der Waals surface area contributed by atoms with Crippen LogP contribution in [0.3, 0.4) is 0 Å². The van der Waals surface area contributed by atoms with Crippen molar-refractivity contribution in [3.63, 3.8) is 0 Å². The van der Waals surface area contributed by atoms with Crippen LogP contribution in [0.5, 0.6) is 0 Å². The topological polar surface area (TPSA) is 37.3 Å². The molecule has 0 aliphatic carbocycles. The molecule has 0 atom stereocenters. The first-order valence-electron chi connectivity index (χ1n) is 5.28. The number of aliphatic hydroxyl groups is 1. The van der Waals surface area contributed by atoms with E-state index in [1.807, 2.05) is 30.3 Å². The molecule has 1 saturated heterocycles. The Kier molecular flexibility index (Phi) is 3.95. The fraction of sp³-hybridized carbons (Fsp3) is 0.417. The lowest BCUT2D eigenvalue weighted by atomic mass is 10.1. The molecular formula is C12H14O2S2. The van der Waals surface area contributed by atoms with Crippen molar-refractivity contribution in [3.05, 3.63) is 35.9 Å². The Morgan fingerprint density at radius 3 is 2.50 bits per heavy atom. The molecule has 1 fully saturated rings. The Labute approximate surface area is 104 Å². The van der Waals surface area contributed by atoms with E-state index in [9.17, 15) is 9.90 Å². The van der Waals surface area contributed by atoms with Crippen LogP contribution in [0.1, 0.15) is 12.0 Å². The maximum absolute atomic E-state index is 12.0. The predicted octanol–water partition coefficient (Wildman–Crippen LogP) is 2.31. The second-order valence-electron chi connectivity index (χ2n) is 3.72. The van der Waals surface area contributed by atoms with E-state index in [0.29, 0.717) is 6.42 Å². The van der Waals surface area contributed by atoms with Crippen molar-refractivity contribution in [3.8, 4) is 0 Å². The number of Topliss-reactive ketones (excluding diaryl/α,β-unsaturated/α-hetero) is 1. The number of carbonyl (C=O) groups is 1. The van der Waals surface area contributed by atoms with E-state index in [1.165, 1.54) is 23.5 Å². The highest BCUT2D eigenvalue weighted by Gasteiger charge is 2.38. The van der Waals surface area contributed by atoms with E-state index in [1.54, 1.807) is 0 Å². The summed E-state index contributed by atoms with van der Waals surface area (Å²) >= 11 is 2.72. The van der Waals surface area contributed by atoms with Crippen LogP contribution >= 0.6 is 23.5 Å². The number of thioether (sulfide) groups is 2. The van der Waals surface area contributed by atoms with Crippen LogP contribution in [0.4, 0.5) is 0 Å². The largest absolute Gasteiger partial charge is 0.364 e.